The molecular formula is C21H20N4O2S. The Morgan fingerprint density at radius 2 is 2.04 bits per heavy atom. The van der Waals surface area contributed by atoms with Gasteiger partial charge in [-0.2, -0.15) is 0 Å². The maximum absolute atomic E-state index is 12.6. The minimum absolute atomic E-state index is 0.00820. The lowest BCUT2D eigenvalue weighted by atomic mass is 9.83. The lowest BCUT2D eigenvalue weighted by Gasteiger charge is -2.23. The summed E-state index contributed by atoms with van der Waals surface area (Å²) in [7, 11) is 2.00. The third kappa shape index (κ3) is 3.33. The largest absolute Gasteiger partial charge is 0.411 e. The van der Waals surface area contributed by atoms with Crippen LogP contribution in [-0.4, -0.2) is 33.8 Å². The van der Waals surface area contributed by atoms with E-state index in [0.717, 1.165) is 16.9 Å². The van der Waals surface area contributed by atoms with Gasteiger partial charge in [-0.05, 0) is 23.8 Å². The molecule has 0 amide bonds. The van der Waals surface area contributed by atoms with Gasteiger partial charge >= 0.3 is 0 Å². The summed E-state index contributed by atoms with van der Waals surface area (Å²) in [5.41, 5.74) is 3.88. The Balaban J connectivity index is 1.46. The second kappa shape index (κ2) is 7.24. The first kappa shape index (κ1) is 18.4. The van der Waals surface area contributed by atoms with Crippen LogP contribution in [0.3, 0.4) is 0 Å². The summed E-state index contributed by atoms with van der Waals surface area (Å²) in [4.78, 5) is 18.7. The number of allylic oxidation sites excluding steroid dienone is 2. The Bertz CT molecular complexity index is 1040. The Morgan fingerprint density at radius 1 is 1.21 bits per heavy atom. The molecule has 0 unspecified atom stereocenters. The summed E-state index contributed by atoms with van der Waals surface area (Å²) < 4.78 is 5.62. The molecule has 28 heavy (non-hydrogen) atoms. The number of benzene rings is 1. The van der Waals surface area contributed by atoms with Crippen LogP contribution < -0.4 is 4.90 Å². The number of carbonyl (C=O) groups excluding carboxylic acids is 1. The average molecular weight is 392 g/mol. The highest BCUT2D eigenvalue weighted by atomic mass is 32.2. The monoisotopic (exact) mass is 392 g/mol. The molecule has 1 aliphatic rings. The second-order valence-electron chi connectivity index (χ2n) is 7.10. The number of nitrogens with zero attached hydrogens (tertiary/aromatic N) is 4. The molecule has 0 N–H and O–H groups in total. The number of ketones is 1. The molecule has 0 saturated carbocycles. The molecule has 7 heteroatoms. The standard InChI is InChI=1S/C21H20N4O2S/c1-21(2)16-8-4-5-9-17(16)25(3)18(21)11-15(26)13-28-20-24-23-19(27-20)14-7-6-10-22-12-14/h4-12H,13H2,1-3H3/b18-11-. The number of anilines is 1. The van der Waals surface area contributed by atoms with Crippen molar-refractivity contribution in [3.8, 4) is 11.5 Å². The van der Waals surface area contributed by atoms with Crippen LogP contribution in [-0.2, 0) is 10.2 Å². The van der Waals surface area contributed by atoms with Crippen molar-refractivity contribution in [1.29, 1.82) is 0 Å². The summed E-state index contributed by atoms with van der Waals surface area (Å²) in [6.45, 7) is 4.28. The number of pyridine rings is 1. The summed E-state index contributed by atoms with van der Waals surface area (Å²) in [6, 6.07) is 11.9. The topological polar surface area (TPSA) is 72.1 Å². The first-order valence-corrected chi connectivity index (χ1v) is 9.90. The van der Waals surface area contributed by atoms with Crippen LogP contribution in [0.5, 0.6) is 0 Å². The molecule has 0 atom stereocenters. The Morgan fingerprint density at radius 3 is 2.79 bits per heavy atom. The molecule has 142 valence electrons. The van der Waals surface area contributed by atoms with Crippen LogP contribution >= 0.6 is 11.8 Å². The van der Waals surface area contributed by atoms with Crippen molar-refractivity contribution in [2.45, 2.75) is 24.5 Å². The predicted molar refractivity (Wildman–Crippen MR) is 109 cm³/mol. The third-order valence-corrected chi connectivity index (χ3v) is 5.73. The van der Waals surface area contributed by atoms with E-state index in [0.29, 0.717) is 11.1 Å². The van der Waals surface area contributed by atoms with Gasteiger partial charge in [0.25, 0.3) is 5.22 Å². The van der Waals surface area contributed by atoms with Gasteiger partial charge < -0.3 is 9.32 Å². The fraction of sp³-hybridized carbons (Fsp3) is 0.238. The quantitative estimate of drug-likeness (QED) is 0.478. The van der Waals surface area contributed by atoms with Crippen LogP contribution in [0, 0.1) is 0 Å². The van der Waals surface area contributed by atoms with Crippen molar-refractivity contribution in [2.75, 3.05) is 17.7 Å². The van der Waals surface area contributed by atoms with Crippen molar-refractivity contribution in [2.24, 2.45) is 0 Å². The molecule has 0 radical (unpaired) electrons. The van der Waals surface area contributed by atoms with Crippen LogP contribution in [0.2, 0.25) is 0 Å². The normalized spacial score (nSPS) is 16.4. The highest BCUT2D eigenvalue weighted by Crippen LogP contribution is 2.46. The molecule has 0 saturated heterocycles. The molecule has 0 aliphatic carbocycles. The molecule has 0 fully saturated rings. The molecule has 6 nitrogen and oxygen atoms in total. The Labute approximate surface area is 167 Å². The summed E-state index contributed by atoms with van der Waals surface area (Å²) in [5.74, 6) is 0.640. The Hall–Kier alpha value is -2.93. The smallest absolute Gasteiger partial charge is 0.277 e. The molecule has 2 aromatic heterocycles. The van der Waals surface area contributed by atoms with Crippen molar-refractivity contribution in [3.63, 3.8) is 0 Å². The van der Waals surface area contributed by atoms with Crippen molar-refractivity contribution < 1.29 is 9.21 Å². The van der Waals surface area contributed by atoms with Crippen molar-refractivity contribution in [1.82, 2.24) is 15.2 Å². The lowest BCUT2D eigenvalue weighted by molar-refractivity contribution is -0.112. The van der Waals surface area contributed by atoms with E-state index < -0.39 is 0 Å². The van der Waals surface area contributed by atoms with Crippen LogP contribution in [0.25, 0.3) is 11.5 Å². The van der Waals surface area contributed by atoms with Gasteiger partial charge in [-0.25, -0.2) is 0 Å². The van der Waals surface area contributed by atoms with Crippen LogP contribution in [0.15, 0.2) is 70.2 Å². The SMILES string of the molecule is CN1/C(=C\C(=O)CSc2nnc(-c3cccnc3)o2)C(C)(C)c2ccccc21. The van der Waals surface area contributed by atoms with Crippen molar-refractivity contribution >= 4 is 23.2 Å². The molecule has 3 heterocycles. The lowest BCUT2D eigenvalue weighted by Crippen LogP contribution is -2.24. The van der Waals surface area contributed by atoms with Gasteiger partial charge in [-0.15, -0.1) is 10.2 Å². The van der Waals surface area contributed by atoms with Gasteiger partial charge in [-0.3, -0.25) is 9.78 Å². The number of fused-ring (bicyclic) bond motifs is 1. The third-order valence-electron chi connectivity index (χ3n) is 4.89. The number of hydrogen-bond acceptors (Lipinski definition) is 7. The molecular weight excluding hydrogens is 372 g/mol. The number of aromatic nitrogens is 3. The van der Waals surface area contributed by atoms with Gasteiger partial charge in [-0.1, -0.05) is 43.8 Å². The summed E-state index contributed by atoms with van der Waals surface area (Å²) >= 11 is 1.24. The highest BCUT2D eigenvalue weighted by molar-refractivity contribution is 7.99. The van der Waals surface area contributed by atoms with Crippen LogP contribution in [0.4, 0.5) is 5.69 Å². The maximum Gasteiger partial charge on any atom is 0.277 e. The molecule has 0 bridgehead atoms. The van der Waals surface area contributed by atoms with Gasteiger partial charge in [0.2, 0.25) is 5.89 Å². The van der Waals surface area contributed by atoms with Gasteiger partial charge in [0.1, 0.15) is 0 Å². The number of thioether (sulfide) groups is 1. The zero-order valence-corrected chi connectivity index (χ0v) is 16.7. The predicted octanol–water partition coefficient (Wildman–Crippen LogP) is 4.10. The van der Waals surface area contributed by atoms with Gasteiger partial charge in [0.15, 0.2) is 5.78 Å². The number of rotatable bonds is 5. The van der Waals surface area contributed by atoms with E-state index in [1.807, 2.05) is 25.2 Å². The molecule has 1 aliphatic heterocycles. The maximum atomic E-state index is 12.6. The zero-order valence-electron chi connectivity index (χ0n) is 15.9. The average Bonchev–Trinajstić information content (AvgIpc) is 3.25. The molecule has 3 aromatic rings. The van der Waals surface area contributed by atoms with Crippen molar-refractivity contribution in [3.05, 3.63) is 66.1 Å². The first-order valence-electron chi connectivity index (χ1n) is 8.92. The molecule has 0 spiro atoms. The minimum Gasteiger partial charge on any atom is -0.411 e. The van der Waals surface area contributed by atoms with Gasteiger partial charge in [0.05, 0.1) is 11.3 Å². The second-order valence-corrected chi connectivity index (χ2v) is 8.03. The van der Waals surface area contributed by atoms with E-state index in [-0.39, 0.29) is 17.0 Å². The zero-order chi connectivity index (χ0) is 19.7. The van der Waals surface area contributed by atoms with Crippen LogP contribution in [0.1, 0.15) is 19.4 Å². The fourth-order valence-electron chi connectivity index (χ4n) is 3.46. The van der Waals surface area contributed by atoms with E-state index in [1.54, 1.807) is 24.5 Å². The van der Waals surface area contributed by atoms with E-state index in [9.17, 15) is 4.79 Å². The van der Waals surface area contributed by atoms with E-state index in [4.69, 9.17) is 4.42 Å². The molecule has 4 rings (SSSR count). The number of para-hydroxylation sites is 1. The number of hydrogen-bond donors (Lipinski definition) is 0. The van der Waals surface area contributed by atoms with E-state index in [1.165, 1.54) is 17.3 Å². The first-order chi connectivity index (χ1) is 13.5. The fourth-order valence-corrected chi connectivity index (χ4v) is 4.05. The highest BCUT2D eigenvalue weighted by Gasteiger charge is 2.38. The summed E-state index contributed by atoms with van der Waals surface area (Å²) in [5, 5.41) is 8.39. The van der Waals surface area contributed by atoms with E-state index in [2.05, 4.69) is 46.1 Å². The Kier molecular flexibility index (Phi) is 4.77. The van der Waals surface area contributed by atoms with Gasteiger partial charge in [0, 0.05) is 42.3 Å². The minimum atomic E-state index is -0.219. The number of carbonyl (C=O) groups is 1. The summed E-state index contributed by atoms with van der Waals surface area (Å²) in [6.07, 6.45) is 5.07. The molecule has 1 aromatic carbocycles. The van der Waals surface area contributed by atoms with E-state index >= 15 is 0 Å². The number of likely N-dealkylation sites (N-methyl/N-ethyl adjacent to an activating group) is 1.